The van der Waals surface area contributed by atoms with Gasteiger partial charge in [-0.25, -0.2) is 0 Å². The van der Waals surface area contributed by atoms with E-state index in [2.05, 4.69) is 0 Å². The van der Waals surface area contributed by atoms with Gasteiger partial charge in [0.25, 0.3) is 0 Å². The number of nitrogens with one attached hydrogen (secondary N) is 1. The zero-order chi connectivity index (χ0) is 10.8. The maximum Gasteiger partial charge on any atom is 0.471 e. The molecule has 2 unspecified atom stereocenters. The van der Waals surface area contributed by atoms with Crippen molar-refractivity contribution in [3.8, 4) is 0 Å². The summed E-state index contributed by atoms with van der Waals surface area (Å²) >= 11 is 0. The number of carbonyl (C=O) groups excluding carboxylic acids is 1. The van der Waals surface area contributed by atoms with E-state index in [1.807, 2.05) is 0 Å². The Hall–Kier alpha value is -0.780. The van der Waals surface area contributed by atoms with E-state index in [1.165, 1.54) is 0 Å². The first-order valence-corrected chi connectivity index (χ1v) is 4.47. The lowest BCUT2D eigenvalue weighted by Crippen LogP contribution is -2.49. The minimum atomic E-state index is -4.86. The van der Waals surface area contributed by atoms with Crippen LogP contribution in [-0.4, -0.2) is 29.3 Å². The van der Waals surface area contributed by atoms with Crippen LogP contribution in [-0.2, 0) is 4.79 Å². The maximum atomic E-state index is 11.8. The van der Waals surface area contributed by atoms with E-state index in [0.717, 1.165) is 12.8 Å². The van der Waals surface area contributed by atoms with Gasteiger partial charge in [0.2, 0.25) is 0 Å². The Morgan fingerprint density at radius 2 is 1.86 bits per heavy atom. The predicted octanol–water partition coefficient (Wildman–Crippen LogP) is 0.968. The Morgan fingerprint density at radius 3 is 2.36 bits per heavy atom. The van der Waals surface area contributed by atoms with Gasteiger partial charge < -0.3 is 10.4 Å². The molecule has 0 radical (unpaired) electrons. The molecular weight excluding hydrogens is 199 g/mol. The van der Waals surface area contributed by atoms with Crippen molar-refractivity contribution in [1.82, 2.24) is 5.32 Å². The number of aliphatic hydroxyl groups excluding tert-OH is 1. The predicted molar refractivity (Wildman–Crippen MR) is 42.5 cm³/mol. The monoisotopic (exact) mass is 211 g/mol. The smallest absolute Gasteiger partial charge is 0.391 e. The number of halogens is 3. The molecule has 2 atom stereocenters. The molecule has 1 amide bonds. The van der Waals surface area contributed by atoms with E-state index in [-0.39, 0.29) is 0 Å². The molecule has 0 aromatic heterocycles. The van der Waals surface area contributed by atoms with Crippen molar-refractivity contribution in [3.05, 3.63) is 0 Å². The molecule has 3 nitrogen and oxygen atoms in total. The Bertz CT molecular complexity index is 217. The van der Waals surface area contributed by atoms with Crippen molar-refractivity contribution in [3.63, 3.8) is 0 Å². The van der Waals surface area contributed by atoms with E-state index in [1.54, 1.807) is 5.32 Å². The van der Waals surface area contributed by atoms with Crippen LogP contribution >= 0.6 is 0 Å². The Balaban J connectivity index is 2.46. The average Bonchev–Trinajstić information content (AvgIpc) is 2.07. The molecule has 1 saturated carbocycles. The SMILES string of the molecule is O=C(NC1CCCCC1O)C(F)(F)F. The molecule has 1 rings (SSSR count). The van der Waals surface area contributed by atoms with Gasteiger partial charge in [-0.05, 0) is 12.8 Å². The zero-order valence-corrected chi connectivity index (χ0v) is 7.47. The summed E-state index contributed by atoms with van der Waals surface area (Å²) in [7, 11) is 0. The minimum absolute atomic E-state index is 0.406. The van der Waals surface area contributed by atoms with E-state index in [9.17, 15) is 23.1 Å². The molecule has 0 spiro atoms. The molecule has 0 heterocycles. The maximum absolute atomic E-state index is 11.8. The second kappa shape index (κ2) is 4.16. The number of amides is 1. The molecule has 14 heavy (non-hydrogen) atoms. The molecule has 0 bridgehead atoms. The molecule has 0 aromatic carbocycles. The van der Waals surface area contributed by atoms with Gasteiger partial charge in [0.15, 0.2) is 0 Å². The minimum Gasteiger partial charge on any atom is -0.391 e. The van der Waals surface area contributed by atoms with Gasteiger partial charge >= 0.3 is 12.1 Å². The lowest BCUT2D eigenvalue weighted by molar-refractivity contribution is -0.175. The largest absolute Gasteiger partial charge is 0.471 e. The summed E-state index contributed by atoms with van der Waals surface area (Å²) in [6.45, 7) is 0. The van der Waals surface area contributed by atoms with Crippen LogP contribution in [0.1, 0.15) is 25.7 Å². The molecule has 1 fully saturated rings. The van der Waals surface area contributed by atoms with Crippen molar-refractivity contribution < 1.29 is 23.1 Å². The first-order chi connectivity index (χ1) is 6.41. The highest BCUT2D eigenvalue weighted by Crippen LogP contribution is 2.21. The van der Waals surface area contributed by atoms with E-state index < -0.39 is 24.2 Å². The van der Waals surface area contributed by atoms with Gasteiger partial charge in [-0.3, -0.25) is 4.79 Å². The summed E-state index contributed by atoms with van der Waals surface area (Å²) in [6.07, 6.45) is -3.34. The first kappa shape index (κ1) is 11.3. The van der Waals surface area contributed by atoms with Gasteiger partial charge in [-0.15, -0.1) is 0 Å². The number of rotatable bonds is 1. The van der Waals surface area contributed by atoms with Crippen LogP contribution < -0.4 is 5.32 Å². The molecule has 0 aliphatic heterocycles. The van der Waals surface area contributed by atoms with Crippen molar-refractivity contribution in [2.24, 2.45) is 0 Å². The highest BCUT2D eigenvalue weighted by molar-refractivity contribution is 5.82. The van der Waals surface area contributed by atoms with Crippen LogP contribution in [0, 0.1) is 0 Å². The highest BCUT2D eigenvalue weighted by Gasteiger charge is 2.40. The van der Waals surface area contributed by atoms with Gasteiger partial charge in [-0.2, -0.15) is 13.2 Å². The zero-order valence-electron chi connectivity index (χ0n) is 7.47. The fourth-order valence-electron chi connectivity index (χ4n) is 1.53. The summed E-state index contributed by atoms with van der Waals surface area (Å²) in [5.74, 6) is -1.97. The van der Waals surface area contributed by atoms with Crippen LogP contribution in [0.4, 0.5) is 13.2 Å². The second-order valence-corrected chi connectivity index (χ2v) is 3.43. The number of aliphatic hydroxyl groups is 1. The van der Waals surface area contributed by atoms with Crippen LogP contribution in [0.3, 0.4) is 0 Å². The van der Waals surface area contributed by atoms with Crippen molar-refractivity contribution in [1.29, 1.82) is 0 Å². The Morgan fingerprint density at radius 1 is 1.29 bits per heavy atom. The van der Waals surface area contributed by atoms with Crippen molar-refractivity contribution >= 4 is 5.91 Å². The Labute approximate surface area is 79.3 Å². The number of hydrogen-bond donors (Lipinski definition) is 2. The molecule has 0 aromatic rings. The summed E-state index contributed by atoms with van der Waals surface area (Å²) in [5.41, 5.74) is 0. The van der Waals surface area contributed by atoms with Crippen LogP contribution in [0.25, 0.3) is 0 Å². The lowest BCUT2D eigenvalue weighted by atomic mass is 9.92. The van der Waals surface area contributed by atoms with E-state index >= 15 is 0 Å². The topological polar surface area (TPSA) is 49.3 Å². The van der Waals surface area contributed by atoms with Crippen molar-refractivity contribution in [2.45, 2.75) is 44.0 Å². The molecule has 2 N–H and O–H groups in total. The highest BCUT2D eigenvalue weighted by atomic mass is 19.4. The summed E-state index contributed by atoms with van der Waals surface area (Å²) < 4.78 is 35.5. The summed E-state index contributed by atoms with van der Waals surface area (Å²) in [4.78, 5) is 10.5. The van der Waals surface area contributed by atoms with E-state index in [0.29, 0.717) is 12.8 Å². The fourth-order valence-corrected chi connectivity index (χ4v) is 1.53. The summed E-state index contributed by atoms with van der Waals surface area (Å²) in [6, 6.07) is -0.752. The van der Waals surface area contributed by atoms with Crippen LogP contribution in [0.15, 0.2) is 0 Å². The molecule has 0 saturated heterocycles. The third kappa shape index (κ3) is 2.87. The molecular formula is C8H12F3NO2. The van der Waals surface area contributed by atoms with Crippen LogP contribution in [0.2, 0.25) is 0 Å². The second-order valence-electron chi connectivity index (χ2n) is 3.43. The molecule has 1 aliphatic carbocycles. The normalized spacial score (nSPS) is 28.6. The number of carbonyl (C=O) groups is 1. The van der Waals surface area contributed by atoms with Gasteiger partial charge in [0.05, 0.1) is 12.1 Å². The third-order valence-corrected chi connectivity index (χ3v) is 2.30. The van der Waals surface area contributed by atoms with Crippen molar-refractivity contribution in [2.75, 3.05) is 0 Å². The quantitative estimate of drug-likeness (QED) is 0.679. The van der Waals surface area contributed by atoms with E-state index in [4.69, 9.17) is 0 Å². The lowest BCUT2D eigenvalue weighted by Gasteiger charge is -2.28. The molecule has 1 aliphatic rings. The molecule has 6 heteroatoms. The van der Waals surface area contributed by atoms with Crippen LogP contribution in [0.5, 0.6) is 0 Å². The summed E-state index contributed by atoms with van der Waals surface area (Å²) in [5, 5.41) is 11.1. The number of alkyl halides is 3. The Kier molecular flexibility index (Phi) is 3.36. The van der Waals surface area contributed by atoms with Gasteiger partial charge in [-0.1, -0.05) is 12.8 Å². The molecule has 82 valence electrons. The van der Waals surface area contributed by atoms with Gasteiger partial charge in [0.1, 0.15) is 0 Å². The van der Waals surface area contributed by atoms with Gasteiger partial charge in [0, 0.05) is 0 Å². The third-order valence-electron chi connectivity index (χ3n) is 2.30. The number of hydrogen-bond acceptors (Lipinski definition) is 2. The first-order valence-electron chi connectivity index (χ1n) is 4.47. The average molecular weight is 211 g/mol. The standard InChI is InChI=1S/C8H12F3NO2/c9-8(10,11)7(14)12-5-3-1-2-4-6(5)13/h5-6,13H,1-4H2,(H,12,14). The fraction of sp³-hybridized carbons (Fsp3) is 0.875.